The van der Waals surface area contributed by atoms with Gasteiger partial charge in [-0.25, -0.2) is 24.5 Å². The van der Waals surface area contributed by atoms with Crippen LogP contribution >= 0.6 is 21.6 Å². The number of aliphatic hydroxyl groups is 1. The van der Waals surface area contributed by atoms with Gasteiger partial charge in [-0.15, -0.1) is 0 Å². The summed E-state index contributed by atoms with van der Waals surface area (Å²) in [6, 6.07) is 5.20. The zero-order chi connectivity index (χ0) is 23.8. The number of hydrogen-bond acceptors (Lipinski definition) is 7. The van der Waals surface area contributed by atoms with E-state index in [1.54, 1.807) is 13.0 Å². The number of rotatable bonds is 10. The Labute approximate surface area is 201 Å². The molecule has 2 fully saturated rings. The van der Waals surface area contributed by atoms with E-state index in [-0.39, 0.29) is 24.2 Å². The summed E-state index contributed by atoms with van der Waals surface area (Å²) in [7, 11) is -0.685. The maximum Gasteiger partial charge on any atom is 0.356 e. The van der Waals surface area contributed by atoms with E-state index in [0.717, 1.165) is 36.5 Å². The normalized spacial score (nSPS) is 21.1. The minimum Gasteiger partial charge on any atom is -0.461 e. The first kappa shape index (κ1) is 24.3. The number of fused-ring (bicyclic) bond motifs is 1. The lowest BCUT2D eigenvalue weighted by Gasteiger charge is -2.24. The van der Waals surface area contributed by atoms with Crippen molar-refractivity contribution in [3.63, 3.8) is 0 Å². The van der Waals surface area contributed by atoms with Gasteiger partial charge in [-0.05, 0) is 62.1 Å². The lowest BCUT2D eigenvalue weighted by molar-refractivity contribution is 0.0457. The van der Waals surface area contributed by atoms with Crippen molar-refractivity contribution in [2.75, 3.05) is 55.7 Å². The zero-order valence-corrected chi connectivity index (χ0v) is 21.2. The fourth-order valence-corrected chi connectivity index (χ4v) is 4.93. The number of carbonyl (C=O) groups is 1. The number of aromatic nitrogens is 3. The molecule has 8 nitrogen and oxygen atoms in total. The van der Waals surface area contributed by atoms with Crippen LogP contribution in [0.4, 0.5) is 5.82 Å². The molecule has 0 aromatic carbocycles. The second-order valence-corrected chi connectivity index (χ2v) is 14.6. The first-order valence-electron chi connectivity index (χ1n) is 11.2. The van der Waals surface area contributed by atoms with Crippen LogP contribution in [0, 0.1) is 11.8 Å². The highest BCUT2D eigenvalue weighted by Gasteiger charge is 2.45. The molecule has 10 heteroatoms. The van der Waals surface area contributed by atoms with Gasteiger partial charge >= 0.3 is 5.97 Å². The topological polar surface area (TPSA) is 89.7 Å². The van der Waals surface area contributed by atoms with Crippen molar-refractivity contribution < 1.29 is 19.4 Å². The third-order valence-electron chi connectivity index (χ3n) is 6.08. The van der Waals surface area contributed by atoms with E-state index in [0.29, 0.717) is 17.9 Å². The smallest absolute Gasteiger partial charge is 0.356 e. The molecule has 1 N–H and O–H groups in total. The largest absolute Gasteiger partial charge is 0.461 e. The number of anilines is 1. The monoisotopic (exact) mass is 496 g/mol. The fourth-order valence-electron chi connectivity index (χ4n) is 4.06. The summed E-state index contributed by atoms with van der Waals surface area (Å²) in [5.41, 5.74) is 0.968. The molecule has 1 saturated heterocycles. The summed E-state index contributed by atoms with van der Waals surface area (Å²) in [5, 5.41) is 15.7. The molecule has 0 radical (unpaired) electrons. The first-order valence-corrected chi connectivity index (χ1v) is 14.6. The molecule has 33 heavy (non-hydrogen) atoms. The highest BCUT2D eigenvalue weighted by Crippen LogP contribution is 2.46. The van der Waals surface area contributed by atoms with Crippen molar-refractivity contribution in [3.8, 4) is 0 Å². The van der Waals surface area contributed by atoms with Crippen molar-refractivity contribution in [1.82, 2.24) is 14.8 Å². The lowest BCUT2D eigenvalue weighted by Crippen LogP contribution is -2.23. The Hall–Kier alpha value is -1.81. The molecule has 2 aromatic heterocycles. The van der Waals surface area contributed by atoms with E-state index in [1.165, 1.54) is 17.2 Å². The molecule has 0 spiro atoms. The number of ether oxygens (including phenoxy) is 2. The predicted molar refractivity (Wildman–Crippen MR) is 131 cm³/mol. The number of esters is 1. The minimum absolute atomic E-state index is 0.0958. The number of carbonyl (C=O) groups excluding carboxylic acids is 1. The summed E-state index contributed by atoms with van der Waals surface area (Å²) < 4.78 is 12.4. The second kappa shape index (κ2) is 9.82. The van der Waals surface area contributed by atoms with Crippen molar-refractivity contribution in [1.29, 1.82) is 0 Å². The Morgan fingerprint density at radius 3 is 2.67 bits per heavy atom. The number of nitrogens with zero attached hydrogens (tertiary/aromatic N) is 4. The maximum absolute atomic E-state index is 12.5. The Bertz CT molecular complexity index is 999. The molecule has 0 amide bonds. The highest BCUT2D eigenvalue weighted by molar-refractivity contribution is 8.32. The van der Waals surface area contributed by atoms with Crippen LogP contribution in [0.3, 0.4) is 0 Å². The van der Waals surface area contributed by atoms with Crippen molar-refractivity contribution in [2.24, 2.45) is 11.8 Å². The number of pyridine rings is 1. The van der Waals surface area contributed by atoms with Crippen LogP contribution in [-0.2, 0) is 16.2 Å². The van der Waals surface area contributed by atoms with Gasteiger partial charge in [-0.1, -0.05) is 11.6 Å². The van der Waals surface area contributed by atoms with E-state index < -0.39 is 22.1 Å². The van der Waals surface area contributed by atoms with Crippen molar-refractivity contribution >= 4 is 33.4 Å². The Morgan fingerprint density at radius 2 is 2.03 bits per heavy atom. The van der Waals surface area contributed by atoms with Crippen LogP contribution in [0.5, 0.6) is 0 Å². The fraction of sp³-hybridized carbons (Fsp3) is 0.609. The molecule has 3 unspecified atom stereocenters. The molecular formula is C23H33ClN4O4S. The molecule has 1 aliphatic carbocycles. The van der Waals surface area contributed by atoms with Gasteiger partial charge < -0.3 is 19.5 Å². The van der Waals surface area contributed by atoms with Gasteiger partial charge in [-0.2, -0.15) is 5.10 Å². The summed E-state index contributed by atoms with van der Waals surface area (Å²) in [6.45, 7) is 4.67. The quantitative estimate of drug-likeness (QED) is 0.306. The average molecular weight is 497 g/mol. The van der Waals surface area contributed by atoms with Crippen LogP contribution in [0.1, 0.15) is 41.2 Å². The van der Waals surface area contributed by atoms with Crippen molar-refractivity contribution in [3.05, 3.63) is 40.3 Å². The van der Waals surface area contributed by atoms with Crippen LogP contribution in [0.2, 0.25) is 5.15 Å². The highest BCUT2D eigenvalue weighted by atomic mass is 35.5. The average Bonchev–Trinajstić information content (AvgIpc) is 3.16. The van der Waals surface area contributed by atoms with Gasteiger partial charge in [0.05, 0.1) is 18.9 Å². The minimum atomic E-state index is -1.13. The zero-order valence-electron chi connectivity index (χ0n) is 19.7. The molecule has 3 atom stereocenters. The summed E-state index contributed by atoms with van der Waals surface area (Å²) in [5.74, 6) is 2.84. The molecule has 0 bridgehead atoms. The van der Waals surface area contributed by atoms with Crippen LogP contribution in [-0.4, -0.2) is 76.7 Å². The van der Waals surface area contributed by atoms with Gasteiger partial charge in [0.15, 0.2) is 0 Å². The maximum atomic E-state index is 12.5. The molecule has 182 valence electrons. The van der Waals surface area contributed by atoms with Crippen molar-refractivity contribution in [2.45, 2.75) is 26.2 Å². The van der Waals surface area contributed by atoms with E-state index in [2.05, 4.69) is 33.7 Å². The number of piperidine rings is 1. The Kier molecular flexibility index (Phi) is 7.23. The molecule has 2 aliphatic rings. The summed E-state index contributed by atoms with van der Waals surface area (Å²) in [6.07, 6.45) is 6.85. The van der Waals surface area contributed by atoms with Gasteiger partial charge in [0, 0.05) is 24.4 Å². The van der Waals surface area contributed by atoms with Crippen LogP contribution < -0.4 is 4.90 Å². The Morgan fingerprint density at radius 1 is 1.30 bits per heavy atom. The predicted octanol–water partition coefficient (Wildman–Crippen LogP) is 3.31. The van der Waals surface area contributed by atoms with Gasteiger partial charge in [0.2, 0.25) is 0 Å². The summed E-state index contributed by atoms with van der Waals surface area (Å²) >= 11 is 6.46. The molecule has 3 heterocycles. The van der Waals surface area contributed by atoms with Crippen LogP contribution in [0.15, 0.2) is 18.2 Å². The van der Waals surface area contributed by atoms with E-state index >= 15 is 0 Å². The van der Waals surface area contributed by atoms with E-state index in [9.17, 15) is 9.90 Å². The standard InChI is InChI=1S/C23H33ClN4O4S/c1-5-32-23(30)19-11-18(26-28(19)14-31-8-9-33(2,3)4)21(29)17-6-7-20(25-22(17)24)27-12-15-10-16(15)13-27/h6-7,11,15-16,21,29H,5,8-10,12-14H2,1-4H3. The van der Waals surface area contributed by atoms with E-state index in [4.69, 9.17) is 21.1 Å². The summed E-state index contributed by atoms with van der Waals surface area (Å²) in [4.78, 5) is 19.2. The SMILES string of the molecule is CCOC(=O)c1cc(C(O)c2ccc(N3CC4CC4C3)nc2Cl)nn1COCCS(C)(C)C. The lowest BCUT2D eigenvalue weighted by atomic mass is 10.1. The second-order valence-electron chi connectivity index (χ2n) is 9.62. The van der Waals surface area contributed by atoms with Gasteiger partial charge in [0.1, 0.15) is 29.5 Å². The third kappa shape index (κ3) is 5.82. The molecule has 4 rings (SSSR count). The number of halogens is 1. The molecular weight excluding hydrogens is 464 g/mol. The van der Waals surface area contributed by atoms with E-state index in [1.807, 2.05) is 6.07 Å². The molecule has 1 aliphatic heterocycles. The molecule has 1 saturated carbocycles. The third-order valence-corrected chi connectivity index (χ3v) is 7.77. The first-order chi connectivity index (χ1) is 15.7. The number of hydrogen-bond donors (Lipinski definition) is 1. The Balaban J connectivity index is 1.50. The molecule has 2 aromatic rings. The van der Waals surface area contributed by atoms with Gasteiger partial charge in [0.25, 0.3) is 0 Å². The van der Waals surface area contributed by atoms with Crippen LogP contribution in [0.25, 0.3) is 0 Å². The number of aliphatic hydroxyl groups excluding tert-OH is 1. The van der Waals surface area contributed by atoms with Gasteiger partial charge in [-0.3, -0.25) is 0 Å².